The third-order valence-corrected chi connectivity index (χ3v) is 8.51. The smallest absolute Gasteiger partial charge is 0.269 e. The minimum Gasteiger partial charge on any atom is -0.271 e. The molecule has 3 aliphatic heterocycles. The third kappa shape index (κ3) is 4.64. The van der Waals surface area contributed by atoms with Crippen molar-refractivity contribution in [2.24, 2.45) is 21.4 Å². The second-order valence-electron chi connectivity index (χ2n) is 11.1. The number of rotatable bonds is 6. The van der Waals surface area contributed by atoms with E-state index in [1.165, 1.54) is 34.3 Å². The van der Waals surface area contributed by atoms with E-state index in [9.17, 15) is 24.5 Å². The molecule has 3 amide bonds. The van der Waals surface area contributed by atoms with Gasteiger partial charge >= 0.3 is 0 Å². The lowest BCUT2D eigenvalue weighted by molar-refractivity contribution is -0.384. The lowest BCUT2D eigenvalue weighted by atomic mass is 9.77. The number of allylic oxidation sites excluding steroid dienone is 1. The van der Waals surface area contributed by atoms with Crippen LogP contribution in [0.3, 0.4) is 0 Å². The van der Waals surface area contributed by atoms with Crippen LogP contribution in [0.5, 0.6) is 0 Å². The molecule has 7 rings (SSSR count). The van der Waals surface area contributed by atoms with E-state index in [2.05, 4.69) is 16.4 Å². The Morgan fingerprint density at radius 3 is 2.34 bits per heavy atom. The molecule has 220 valence electrons. The second kappa shape index (κ2) is 11.0. The number of fused-ring (bicyclic) bond motifs is 2. The topological polar surface area (TPSA) is 141 Å². The molecule has 1 saturated carbocycles. The number of non-ortho nitro benzene ring substituents is 1. The summed E-state index contributed by atoms with van der Waals surface area (Å²) in [4.78, 5) is 52.1. The lowest BCUT2D eigenvalue weighted by Gasteiger charge is -2.30. The Bertz CT molecular complexity index is 1740. The van der Waals surface area contributed by atoms with Crippen molar-refractivity contribution in [3.63, 3.8) is 0 Å². The highest BCUT2D eigenvalue weighted by atomic mass is 16.6. The predicted octanol–water partition coefficient (Wildman–Crippen LogP) is 4.71. The average Bonchev–Trinajstić information content (AvgIpc) is 3.71. The van der Waals surface area contributed by atoms with E-state index in [0.29, 0.717) is 0 Å². The summed E-state index contributed by atoms with van der Waals surface area (Å²) in [5.41, 5.74) is 4.04. The molecule has 4 aliphatic rings. The van der Waals surface area contributed by atoms with Crippen LogP contribution in [-0.4, -0.2) is 57.0 Å². The molecule has 3 aromatic carbocycles. The standard InChI is InChI=1S/C32H27N7O5/c40-26(19-36-30-28(33-35-36)31(41)37(32(30)42)23-14-16-24(17-15-23)39(43)44)38-29(21-10-5-2-6-11-21)25-13-7-12-22(27(25)34-38)18-20-8-3-1-4-9-20/h1-6,8-11,14-18,25,28-30H,7,12-13,19H2/b22-18+/t25-,28+,29+,30-/m1/s1. The molecule has 0 aromatic heterocycles. The van der Waals surface area contributed by atoms with Crippen LogP contribution in [0.2, 0.25) is 0 Å². The molecular weight excluding hydrogens is 562 g/mol. The van der Waals surface area contributed by atoms with Gasteiger partial charge in [-0.15, -0.1) is 0 Å². The van der Waals surface area contributed by atoms with Gasteiger partial charge < -0.3 is 0 Å². The Balaban J connectivity index is 1.16. The molecule has 0 unspecified atom stereocenters. The van der Waals surface area contributed by atoms with Gasteiger partial charge in [-0.1, -0.05) is 65.9 Å². The van der Waals surface area contributed by atoms with Crippen LogP contribution in [0.25, 0.3) is 6.08 Å². The Kier molecular flexibility index (Phi) is 6.80. The first-order chi connectivity index (χ1) is 21.4. The van der Waals surface area contributed by atoms with Crippen LogP contribution in [0, 0.1) is 16.0 Å². The molecule has 3 aromatic rings. The molecule has 0 radical (unpaired) electrons. The Labute approximate surface area is 252 Å². The fourth-order valence-electron chi connectivity index (χ4n) is 6.48. The zero-order chi connectivity index (χ0) is 30.4. The first-order valence-corrected chi connectivity index (χ1v) is 14.4. The van der Waals surface area contributed by atoms with Gasteiger partial charge in [0.15, 0.2) is 12.1 Å². The molecule has 12 heteroatoms. The summed E-state index contributed by atoms with van der Waals surface area (Å²) in [5.74, 6) is -1.56. The molecule has 2 fully saturated rings. The number of hydrogen-bond donors (Lipinski definition) is 0. The van der Waals surface area contributed by atoms with Gasteiger partial charge in [0.05, 0.1) is 22.4 Å². The number of hydrogen-bond acceptors (Lipinski definition) is 9. The molecule has 1 aliphatic carbocycles. The van der Waals surface area contributed by atoms with E-state index in [0.717, 1.165) is 46.6 Å². The average molecular weight is 590 g/mol. The number of anilines is 1. The first-order valence-electron chi connectivity index (χ1n) is 14.4. The van der Waals surface area contributed by atoms with E-state index in [1.807, 2.05) is 60.7 Å². The summed E-state index contributed by atoms with van der Waals surface area (Å²) in [5, 5.41) is 26.8. The summed E-state index contributed by atoms with van der Waals surface area (Å²) in [6.45, 7) is -0.303. The van der Waals surface area contributed by atoms with Crippen molar-refractivity contribution >= 4 is 40.9 Å². The van der Waals surface area contributed by atoms with Crippen molar-refractivity contribution in [1.29, 1.82) is 0 Å². The predicted molar refractivity (Wildman–Crippen MR) is 160 cm³/mol. The number of imide groups is 1. The Hall–Kier alpha value is -5.52. The highest BCUT2D eigenvalue weighted by molar-refractivity contribution is 6.25. The van der Waals surface area contributed by atoms with Crippen molar-refractivity contribution in [1.82, 2.24) is 10.0 Å². The number of nitro benzene ring substituents is 1. The van der Waals surface area contributed by atoms with Crippen LogP contribution in [0.1, 0.15) is 36.4 Å². The number of benzene rings is 3. The van der Waals surface area contributed by atoms with Crippen molar-refractivity contribution in [3.8, 4) is 0 Å². The number of nitro groups is 1. The molecule has 12 nitrogen and oxygen atoms in total. The zero-order valence-corrected chi connectivity index (χ0v) is 23.5. The van der Waals surface area contributed by atoms with Crippen LogP contribution < -0.4 is 4.90 Å². The van der Waals surface area contributed by atoms with Crippen molar-refractivity contribution in [2.75, 3.05) is 11.4 Å². The molecular formula is C32H27N7O5. The van der Waals surface area contributed by atoms with E-state index in [4.69, 9.17) is 5.10 Å². The van der Waals surface area contributed by atoms with E-state index in [1.54, 1.807) is 0 Å². The summed E-state index contributed by atoms with van der Waals surface area (Å²) >= 11 is 0. The Morgan fingerprint density at radius 2 is 1.64 bits per heavy atom. The first kappa shape index (κ1) is 27.3. The maximum Gasteiger partial charge on any atom is 0.269 e. The molecule has 0 N–H and O–H groups in total. The number of amides is 3. The normalized spacial score (nSPS) is 25.0. The van der Waals surface area contributed by atoms with Gasteiger partial charge in [-0.2, -0.15) is 10.2 Å². The summed E-state index contributed by atoms with van der Waals surface area (Å²) in [7, 11) is 0. The van der Waals surface area contributed by atoms with E-state index >= 15 is 0 Å². The maximum absolute atomic E-state index is 14.0. The van der Waals surface area contributed by atoms with Crippen LogP contribution in [0.4, 0.5) is 11.4 Å². The molecule has 0 spiro atoms. The minimum absolute atomic E-state index is 0.00494. The van der Waals surface area contributed by atoms with Gasteiger partial charge in [0.1, 0.15) is 6.54 Å². The van der Waals surface area contributed by atoms with Crippen LogP contribution in [-0.2, 0) is 14.4 Å². The second-order valence-corrected chi connectivity index (χ2v) is 11.1. The van der Waals surface area contributed by atoms with Gasteiger partial charge in [-0.25, -0.2) is 9.91 Å². The van der Waals surface area contributed by atoms with Crippen molar-refractivity contribution < 1.29 is 19.3 Å². The fraction of sp³-hybridized carbons (Fsp3) is 0.250. The third-order valence-electron chi connectivity index (χ3n) is 8.51. The SMILES string of the molecule is O=C1[C@H]2N=NN(CC(=O)N3N=C4/C(=C/c5ccccc5)CCC[C@H]4[C@@H]3c3ccccc3)[C@H]2C(=O)N1c1ccc([N+](=O)[O-])cc1. The lowest BCUT2D eigenvalue weighted by Crippen LogP contribution is -2.45. The number of carbonyl (C=O) groups excluding carboxylic acids is 3. The number of hydrazone groups is 1. The number of carbonyl (C=O) groups is 3. The fourth-order valence-corrected chi connectivity index (χ4v) is 6.48. The van der Waals surface area contributed by atoms with Gasteiger partial charge in [-0.3, -0.25) is 29.5 Å². The van der Waals surface area contributed by atoms with Crippen LogP contribution in [0.15, 0.2) is 106 Å². The van der Waals surface area contributed by atoms with Gasteiger partial charge in [0.2, 0.25) is 0 Å². The van der Waals surface area contributed by atoms with Gasteiger partial charge in [0.25, 0.3) is 23.4 Å². The zero-order valence-electron chi connectivity index (χ0n) is 23.5. The van der Waals surface area contributed by atoms with Crippen molar-refractivity contribution in [2.45, 2.75) is 37.4 Å². The highest BCUT2D eigenvalue weighted by Gasteiger charge is 2.55. The molecule has 44 heavy (non-hydrogen) atoms. The highest BCUT2D eigenvalue weighted by Crippen LogP contribution is 2.44. The van der Waals surface area contributed by atoms with Crippen molar-refractivity contribution in [3.05, 3.63) is 112 Å². The summed E-state index contributed by atoms with van der Waals surface area (Å²) in [6.07, 6.45) is 4.83. The summed E-state index contributed by atoms with van der Waals surface area (Å²) in [6, 6.07) is 22.4. The monoisotopic (exact) mass is 589 g/mol. The largest absolute Gasteiger partial charge is 0.271 e. The van der Waals surface area contributed by atoms with E-state index < -0.39 is 28.8 Å². The molecule has 3 heterocycles. The molecule has 1 saturated heterocycles. The van der Waals surface area contributed by atoms with Gasteiger partial charge in [0, 0.05) is 18.1 Å². The Morgan fingerprint density at radius 1 is 0.932 bits per heavy atom. The quantitative estimate of drug-likeness (QED) is 0.232. The van der Waals surface area contributed by atoms with Crippen LogP contribution >= 0.6 is 0 Å². The molecule has 4 atom stereocenters. The minimum atomic E-state index is -1.11. The summed E-state index contributed by atoms with van der Waals surface area (Å²) < 4.78 is 0. The van der Waals surface area contributed by atoms with Gasteiger partial charge in [-0.05, 0) is 54.2 Å². The number of nitrogens with zero attached hydrogens (tertiary/aromatic N) is 7. The molecule has 0 bridgehead atoms. The maximum atomic E-state index is 14.0. The van der Waals surface area contributed by atoms with E-state index in [-0.39, 0.29) is 35.8 Å².